The molecule has 0 aromatic heterocycles. The Morgan fingerprint density at radius 1 is 1.06 bits per heavy atom. The third-order valence-electron chi connectivity index (χ3n) is 4.68. The van der Waals surface area contributed by atoms with E-state index in [1.807, 2.05) is 0 Å². The van der Waals surface area contributed by atoms with Crippen LogP contribution in [0.4, 0.5) is 0 Å². The van der Waals surface area contributed by atoms with E-state index in [4.69, 9.17) is 5.73 Å². The van der Waals surface area contributed by atoms with Crippen molar-refractivity contribution in [3.05, 3.63) is 0 Å². The van der Waals surface area contributed by atoms with Crippen molar-refractivity contribution in [2.75, 3.05) is 19.6 Å². The van der Waals surface area contributed by atoms with Crippen molar-refractivity contribution in [1.82, 2.24) is 4.90 Å². The fraction of sp³-hybridized carbons (Fsp3) is 1.00. The Hall–Kier alpha value is -0.0800. The molecule has 0 bridgehead atoms. The molecule has 2 N–H and O–H groups in total. The minimum absolute atomic E-state index is 0.786. The maximum atomic E-state index is 5.76. The molecule has 1 saturated carbocycles. The highest BCUT2D eigenvalue weighted by atomic mass is 15.2. The van der Waals surface area contributed by atoms with Gasteiger partial charge in [0.25, 0.3) is 0 Å². The number of likely N-dealkylation sites (tertiary alicyclic amines) is 1. The zero-order valence-corrected chi connectivity index (χ0v) is 10.8. The second-order valence-corrected chi connectivity index (χ2v) is 5.85. The summed E-state index contributed by atoms with van der Waals surface area (Å²) in [6.45, 7) is 5.80. The highest BCUT2D eigenvalue weighted by Gasteiger charge is 2.30. The second-order valence-electron chi connectivity index (χ2n) is 5.85. The lowest BCUT2D eigenvalue weighted by molar-refractivity contribution is 0.156. The molecule has 2 rings (SSSR count). The molecule has 1 atom stereocenters. The molecule has 1 aliphatic heterocycles. The van der Waals surface area contributed by atoms with E-state index < -0.39 is 0 Å². The fourth-order valence-corrected chi connectivity index (χ4v) is 3.59. The van der Waals surface area contributed by atoms with Crippen molar-refractivity contribution in [3.63, 3.8) is 0 Å². The van der Waals surface area contributed by atoms with Crippen LogP contribution in [-0.2, 0) is 0 Å². The molecule has 16 heavy (non-hydrogen) atoms. The van der Waals surface area contributed by atoms with Gasteiger partial charge in [-0.05, 0) is 57.0 Å². The lowest BCUT2D eigenvalue weighted by Gasteiger charge is -2.34. The Morgan fingerprint density at radius 2 is 1.81 bits per heavy atom. The molecular formula is C14H28N2. The van der Waals surface area contributed by atoms with Crippen LogP contribution in [0.2, 0.25) is 0 Å². The number of nitrogens with two attached hydrogens (primary N) is 1. The van der Waals surface area contributed by atoms with Gasteiger partial charge in [0, 0.05) is 12.6 Å². The largest absolute Gasteiger partial charge is 0.330 e. The molecule has 94 valence electrons. The van der Waals surface area contributed by atoms with E-state index in [9.17, 15) is 0 Å². The molecule has 1 heterocycles. The minimum Gasteiger partial charge on any atom is -0.330 e. The van der Waals surface area contributed by atoms with E-state index in [0.717, 1.165) is 24.4 Å². The smallest absolute Gasteiger partial charge is 0.00955 e. The molecule has 0 spiro atoms. The Balaban J connectivity index is 1.72. The van der Waals surface area contributed by atoms with E-state index in [2.05, 4.69) is 11.8 Å². The van der Waals surface area contributed by atoms with Crippen molar-refractivity contribution in [1.29, 1.82) is 0 Å². The zero-order chi connectivity index (χ0) is 11.4. The molecule has 0 amide bonds. The molecule has 2 heteroatoms. The number of rotatable bonds is 4. The van der Waals surface area contributed by atoms with Crippen LogP contribution in [0.25, 0.3) is 0 Å². The van der Waals surface area contributed by atoms with E-state index in [-0.39, 0.29) is 0 Å². The quantitative estimate of drug-likeness (QED) is 0.795. The van der Waals surface area contributed by atoms with Crippen LogP contribution in [0.3, 0.4) is 0 Å². The summed E-state index contributed by atoms with van der Waals surface area (Å²) in [5, 5.41) is 0. The molecule has 1 saturated heterocycles. The van der Waals surface area contributed by atoms with E-state index in [0.29, 0.717) is 0 Å². The van der Waals surface area contributed by atoms with E-state index in [1.54, 1.807) is 0 Å². The third kappa shape index (κ3) is 2.98. The van der Waals surface area contributed by atoms with Gasteiger partial charge in [-0.2, -0.15) is 0 Å². The summed E-state index contributed by atoms with van der Waals surface area (Å²) in [5.74, 6) is 1.82. The first-order valence-corrected chi connectivity index (χ1v) is 7.27. The summed E-state index contributed by atoms with van der Waals surface area (Å²) in [5.41, 5.74) is 5.76. The van der Waals surface area contributed by atoms with Crippen molar-refractivity contribution < 1.29 is 0 Å². The highest BCUT2D eigenvalue weighted by molar-refractivity contribution is 4.85. The standard InChI is InChI=1S/C14H28N2/c1-2-3-12-4-6-14(7-5-12)16-9-8-13(10-15)11-16/h12-14H,2-11,15H2,1H3. The predicted octanol–water partition coefficient (Wildman–Crippen LogP) is 2.63. The first kappa shape index (κ1) is 12.4. The molecule has 2 aliphatic rings. The number of nitrogens with zero attached hydrogens (tertiary/aromatic N) is 1. The van der Waals surface area contributed by atoms with Crippen LogP contribution >= 0.6 is 0 Å². The topological polar surface area (TPSA) is 29.3 Å². The zero-order valence-electron chi connectivity index (χ0n) is 10.8. The molecule has 2 fully saturated rings. The molecule has 2 nitrogen and oxygen atoms in total. The monoisotopic (exact) mass is 224 g/mol. The van der Waals surface area contributed by atoms with Crippen molar-refractivity contribution in [3.8, 4) is 0 Å². The van der Waals surface area contributed by atoms with Gasteiger partial charge in [-0.25, -0.2) is 0 Å². The van der Waals surface area contributed by atoms with Gasteiger partial charge in [0.2, 0.25) is 0 Å². The lowest BCUT2D eigenvalue weighted by atomic mass is 9.83. The number of hydrogen-bond acceptors (Lipinski definition) is 2. The average Bonchev–Trinajstić information content (AvgIpc) is 2.79. The predicted molar refractivity (Wildman–Crippen MR) is 69.4 cm³/mol. The summed E-state index contributed by atoms with van der Waals surface area (Å²) >= 11 is 0. The normalized spacial score (nSPS) is 36.8. The first-order valence-electron chi connectivity index (χ1n) is 7.27. The van der Waals surface area contributed by atoms with Crippen LogP contribution in [0, 0.1) is 11.8 Å². The molecule has 1 unspecified atom stereocenters. The third-order valence-corrected chi connectivity index (χ3v) is 4.68. The Morgan fingerprint density at radius 3 is 2.38 bits per heavy atom. The summed E-state index contributed by atoms with van der Waals surface area (Å²) < 4.78 is 0. The molecule has 0 radical (unpaired) electrons. The summed E-state index contributed by atoms with van der Waals surface area (Å²) in [6.07, 6.45) is 10.0. The molecule has 0 aromatic carbocycles. The Bertz CT molecular complexity index is 197. The maximum absolute atomic E-state index is 5.76. The summed E-state index contributed by atoms with van der Waals surface area (Å²) in [4.78, 5) is 2.72. The Kier molecular flexibility index (Phi) is 4.66. The highest BCUT2D eigenvalue weighted by Crippen LogP contribution is 2.32. The van der Waals surface area contributed by atoms with Gasteiger partial charge in [-0.3, -0.25) is 0 Å². The van der Waals surface area contributed by atoms with Crippen LogP contribution in [0.1, 0.15) is 51.9 Å². The fourth-order valence-electron chi connectivity index (χ4n) is 3.59. The van der Waals surface area contributed by atoms with Crippen LogP contribution in [0.15, 0.2) is 0 Å². The maximum Gasteiger partial charge on any atom is 0.00955 e. The molecular weight excluding hydrogens is 196 g/mol. The number of hydrogen-bond donors (Lipinski definition) is 1. The molecule has 1 aliphatic carbocycles. The van der Waals surface area contributed by atoms with Gasteiger partial charge in [-0.1, -0.05) is 19.8 Å². The van der Waals surface area contributed by atoms with Gasteiger partial charge in [0.1, 0.15) is 0 Å². The van der Waals surface area contributed by atoms with Crippen LogP contribution < -0.4 is 5.73 Å². The van der Waals surface area contributed by atoms with E-state index in [1.165, 1.54) is 58.0 Å². The second kappa shape index (κ2) is 6.02. The van der Waals surface area contributed by atoms with E-state index >= 15 is 0 Å². The SMILES string of the molecule is CCCC1CCC(N2CCC(CN)C2)CC1. The van der Waals surface area contributed by atoms with Crippen molar-refractivity contribution in [2.24, 2.45) is 17.6 Å². The average molecular weight is 224 g/mol. The van der Waals surface area contributed by atoms with Gasteiger partial charge < -0.3 is 10.6 Å². The van der Waals surface area contributed by atoms with Crippen LogP contribution in [-0.4, -0.2) is 30.6 Å². The summed E-state index contributed by atoms with van der Waals surface area (Å²) in [6, 6.07) is 0.893. The lowest BCUT2D eigenvalue weighted by Crippen LogP contribution is -2.37. The Labute approximate surface area is 101 Å². The van der Waals surface area contributed by atoms with Gasteiger partial charge in [-0.15, -0.1) is 0 Å². The first-order chi connectivity index (χ1) is 7.83. The summed E-state index contributed by atoms with van der Waals surface area (Å²) in [7, 11) is 0. The molecule has 0 aromatic rings. The van der Waals surface area contributed by atoms with Crippen molar-refractivity contribution >= 4 is 0 Å². The van der Waals surface area contributed by atoms with Crippen molar-refractivity contribution in [2.45, 2.75) is 57.9 Å². The van der Waals surface area contributed by atoms with Gasteiger partial charge in [0.15, 0.2) is 0 Å². The van der Waals surface area contributed by atoms with Gasteiger partial charge >= 0.3 is 0 Å². The van der Waals surface area contributed by atoms with Gasteiger partial charge in [0.05, 0.1) is 0 Å². The minimum atomic E-state index is 0.786. The van der Waals surface area contributed by atoms with Crippen LogP contribution in [0.5, 0.6) is 0 Å².